The van der Waals surface area contributed by atoms with Crippen molar-refractivity contribution >= 4 is 5.96 Å². The zero-order chi connectivity index (χ0) is 20.1. The molecule has 0 bridgehead atoms. The van der Waals surface area contributed by atoms with Gasteiger partial charge in [-0.25, -0.2) is 4.98 Å². The van der Waals surface area contributed by atoms with E-state index in [2.05, 4.69) is 45.3 Å². The maximum absolute atomic E-state index is 5.60. The second-order valence-corrected chi connectivity index (χ2v) is 7.13. The van der Waals surface area contributed by atoms with Crippen LogP contribution in [0.1, 0.15) is 36.7 Å². The van der Waals surface area contributed by atoms with Crippen molar-refractivity contribution in [2.45, 2.75) is 32.9 Å². The van der Waals surface area contributed by atoms with Crippen LogP contribution in [0.2, 0.25) is 0 Å². The molecule has 0 radical (unpaired) electrons. The van der Waals surface area contributed by atoms with E-state index in [-0.39, 0.29) is 0 Å². The monoisotopic (exact) mass is 380 g/mol. The summed E-state index contributed by atoms with van der Waals surface area (Å²) in [6.07, 6.45) is 3.75. The number of benzene rings is 1. The predicted molar refractivity (Wildman–Crippen MR) is 111 cm³/mol. The Hall–Kier alpha value is -3.09. The molecule has 0 spiro atoms. The van der Waals surface area contributed by atoms with Crippen LogP contribution in [0.5, 0.6) is 0 Å². The van der Waals surface area contributed by atoms with E-state index in [0.29, 0.717) is 18.4 Å². The fourth-order valence-electron chi connectivity index (χ4n) is 3.15. The van der Waals surface area contributed by atoms with Crippen molar-refractivity contribution in [3.05, 3.63) is 59.7 Å². The number of hydrogen-bond donors (Lipinski definition) is 1. The molecule has 0 unspecified atom stereocenters. The molecular formula is C21H28N6O. The summed E-state index contributed by atoms with van der Waals surface area (Å²) in [4.78, 5) is 11.0. The summed E-state index contributed by atoms with van der Waals surface area (Å²) in [5.74, 6) is 1.80. The molecule has 148 valence electrons. The zero-order valence-electron chi connectivity index (χ0n) is 17.2. The summed E-state index contributed by atoms with van der Waals surface area (Å²) in [7, 11) is 5.76. The Morgan fingerprint density at radius 1 is 1.29 bits per heavy atom. The molecule has 3 rings (SSSR count). The molecule has 0 fully saturated rings. The van der Waals surface area contributed by atoms with Gasteiger partial charge in [-0.05, 0) is 18.1 Å². The van der Waals surface area contributed by atoms with Gasteiger partial charge in [0.1, 0.15) is 6.26 Å². The van der Waals surface area contributed by atoms with E-state index in [1.165, 1.54) is 5.56 Å². The molecule has 1 N–H and O–H groups in total. The van der Waals surface area contributed by atoms with Gasteiger partial charge in [-0.15, -0.1) is 0 Å². The highest BCUT2D eigenvalue weighted by Gasteiger charge is 2.15. The largest absolute Gasteiger partial charge is 0.444 e. The Kier molecular flexibility index (Phi) is 6.13. The molecule has 3 aromatic rings. The summed E-state index contributed by atoms with van der Waals surface area (Å²) in [5.41, 5.74) is 4.12. The van der Waals surface area contributed by atoms with Gasteiger partial charge >= 0.3 is 0 Å². The van der Waals surface area contributed by atoms with Gasteiger partial charge in [0.05, 0.1) is 17.9 Å². The van der Waals surface area contributed by atoms with Crippen molar-refractivity contribution in [1.29, 1.82) is 0 Å². The molecular weight excluding hydrogens is 352 g/mol. The highest BCUT2D eigenvalue weighted by molar-refractivity contribution is 5.79. The highest BCUT2D eigenvalue weighted by Crippen LogP contribution is 2.19. The number of rotatable bonds is 6. The molecule has 1 aromatic carbocycles. The fourth-order valence-corrected chi connectivity index (χ4v) is 3.15. The van der Waals surface area contributed by atoms with Crippen molar-refractivity contribution in [1.82, 2.24) is 25.0 Å². The lowest BCUT2D eigenvalue weighted by molar-refractivity contribution is 0.472. The molecule has 0 aliphatic carbocycles. The first kappa shape index (κ1) is 19.7. The van der Waals surface area contributed by atoms with Crippen molar-refractivity contribution in [2.75, 3.05) is 14.1 Å². The summed E-state index contributed by atoms with van der Waals surface area (Å²) < 4.78 is 7.47. The second-order valence-electron chi connectivity index (χ2n) is 7.13. The third kappa shape index (κ3) is 4.60. The first-order chi connectivity index (χ1) is 13.5. The minimum atomic E-state index is 0.381. The zero-order valence-corrected chi connectivity index (χ0v) is 17.2. The second kappa shape index (κ2) is 8.73. The average molecular weight is 380 g/mol. The van der Waals surface area contributed by atoms with Gasteiger partial charge in [0, 0.05) is 45.0 Å². The van der Waals surface area contributed by atoms with Crippen LogP contribution in [0.25, 0.3) is 11.5 Å². The van der Waals surface area contributed by atoms with E-state index in [9.17, 15) is 0 Å². The Morgan fingerprint density at radius 2 is 2.04 bits per heavy atom. The van der Waals surface area contributed by atoms with Gasteiger partial charge in [0.25, 0.3) is 0 Å². The third-order valence-electron chi connectivity index (χ3n) is 4.47. The Labute approximate surface area is 166 Å². The normalized spacial score (nSPS) is 11.9. The molecule has 2 aromatic heterocycles. The summed E-state index contributed by atoms with van der Waals surface area (Å²) in [5, 5.41) is 7.93. The van der Waals surface area contributed by atoms with Crippen LogP contribution in [0.3, 0.4) is 0 Å². The molecule has 7 heteroatoms. The van der Waals surface area contributed by atoms with E-state index in [1.807, 2.05) is 49.1 Å². The smallest absolute Gasteiger partial charge is 0.226 e. The number of guanidine groups is 1. The first-order valence-electron chi connectivity index (χ1n) is 9.42. The van der Waals surface area contributed by atoms with E-state index in [1.54, 1.807) is 13.3 Å². The summed E-state index contributed by atoms with van der Waals surface area (Å²) in [6.45, 7) is 5.59. The van der Waals surface area contributed by atoms with Gasteiger partial charge < -0.3 is 14.6 Å². The van der Waals surface area contributed by atoms with Crippen LogP contribution in [-0.2, 0) is 20.1 Å². The van der Waals surface area contributed by atoms with Gasteiger partial charge in [0.15, 0.2) is 5.96 Å². The van der Waals surface area contributed by atoms with E-state index >= 15 is 0 Å². The number of aryl methyl sites for hydroxylation is 1. The van der Waals surface area contributed by atoms with Crippen LogP contribution in [0.15, 0.2) is 52.2 Å². The van der Waals surface area contributed by atoms with Gasteiger partial charge in [0.2, 0.25) is 5.89 Å². The number of nitrogens with zero attached hydrogens (tertiary/aromatic N) is 5. The number of aliphatic imine (C=N–C) groups is 1. The minimum absolute atomic E-state index is 0.381. The predicted octanol–water partition coefficient (Wildman–Crippen LogP) is 3.41. The molecule has 0 aliphatic rings. The van der Waals surface area contributed by atoms with Crippen molar-refractivity contribution < 1.29 is 4.42 Å². The molecule has 0 aliphatic heterocycles. The van der Waals surface area contributed by atoms with E-state index in [0.717, 1.165) is 29.5 Å². The lowest BCUT2D eigenvalue weighted by Crippen LogP contribution is -2.38. The highest BCUT2D eigenvalue weighted by atomic mass is 16.3. The molecule has 7 nitrogen and oxygen atoms in total. The Bertz CT molecular complexity index is 926. The van der Waals surface area contributed by atoms with Crippen LogP contribution in [-0.4, -0.2) is 39.7 Å². The molecule has 0 saturated carbocycles. The molecule has 0 saturated heterocycles. The maximum Gasteiger partial charge on any atom is 0.226 e. The van der Waals surface area contributed by atoms with Crippen molar-refractivity contribution in [3.63, 3.8) is 0 Å². The van der Waals surface area contributed by atoms with Crippen LogP contribution >= 0.6 is 0 Å². The molecule has 0 amide bonds. The van der Waals surface area contributed by atoms with Gasteiger partial charge in [-0.2, -0.15) is 5.10 Å². The Balaban J connectivity index is 1.63. The van der Waals surface area contributed by atoms with E-state index in [4.69, 9.17) is 4.42 Å². The van der Waals surface area contributed by atoms with Crippen LogP contribution in [0.4, 0.5) is 0 Å². The van der Waals surface area contributed by atoms with Gasteiger partial charge in [-0.3, -0.25) is 9.67 Å². The SMILES string of the molecule is CN=C(NCc1coc(-c2ccccc2)n1)N(C)Cc1cn(C)nc1C(C)C. The topological polar surface area (TPSA) is 71.5 Å². The lowest BCUT2D eigenvalue weighted by atomic mass is 10.1. The third-order valence-corrected chi connectivity index (χ3v) is 4.47. The standard InChI is InChI=1S/C21H28N6O/c1-15(2)19-17(13-27(5)25-19)12-26(4)21(22-3)23-11-18-14-28-20(24-18)16-9-7-6-8-10-16/h6-10,13-15H,11-12H2,1-5H3,(H,22,23). The van der Waals surface area contributed by atoms with Crippen LogP contribution in [0, 0.1) is 0 Å². The number of nitrogens with one attached hydrogen (secondary N) is 1. The quantitative estimate of drug-likeness (QED) is 0.524. The number of oxazole rings is 1. The Morgan fingerprint density at radius 3 is 2.71 bits per heavy atom. The maximum atomic E-state index is 5.60. The van der Waals surface area contributed by atoms with Crippen molar-refractivity contribution in [3.8, 4) is 11.5 Å². The average Bonchev–Trinajstić information content (AvgIpc) is 3.29. The fraction of sp³-hybridized carbons (Fsp3) is 0.381. The molecule has 0 atom stereocenters. The number of aromatic nitrogens is 3. The van der Waals surface area contributed by atoms with Gasteiger partial charge in [-0.1, -0.05) is 32.0 Å². The molecule has 28 heavy (non-hydrogen) atoms. The van der Waals surface area contributed by atoms with E-state index < -0.39 is 0 Å². The number of hydrogen-bond acceptors (Lipinski definition) is 4. The minimum Gasteiger partial charge on any atom is -0.444 e. The van der Waals surface area contributed by atoms with Crippen LogP contribution < -0.4 is 5.32 Å². The summed E-state index contributed by atoms with van der Waals surface area (Å²) >= 11 is 0. The molecule has 2 heterocycles. The van der Waals surface area contributed by atoms with Crippen molar-refractivity contribution in [2.24, 2.45) is 12.0 Å². The first-order valence-corrected chi connectivity index (χ1v) is 9.42. The lowest BCUT2D eigenvalue weighted by Gasteiger charge is -2.22. The summed E-state index contributed by atoms with van der Waals surface area (Å²) in [6, 6.07) is 9.88.